The second kappa shape index (κ2) is 7.53. The molecule has 1 aromatic carbocycles. The van der Waals surface area contributed by atoms with Crippen LogP contribution in [0.25, 0.3) is 0 Å². The highest BCUT2D eigenvalue weighted by Crippen LogP contribution is 2.32. The van der Waals surface area contributed by atoms with Crippen molar-refractivity contribution in [2.45, 2.75) is 44.7 Å². The maximum Gasteiger partial charge on any atom is 0.0545 e. The van der Waals surface area contributed by atoms with Gasteiger partial charge in [-0.15, -0.1) is 11.8 Å². The normalized spacial score (nSPS) is 13.6. The zero-order chi connectivity index (χ0) is 14.5. The van der Waals surface area contributed by atoms with Crippen molar-refractivity contribution in [1.82, 2.24) is 5.32 Å². The van der Waals surface area contributed by atoms with Gasteiger partial charge in [0.25, 0.3) is 0 Å². The van der Waals surface area contributed by atoms with Gasteiger partial charge in [0, 0.05) is 29.3 Å². The first kappa shape index (κ1) is 16.8. The molecule has 0 radical (unpaired) electrons. The molecule has 2 nitrogen and oxygen atoms in total. The van der Waals surface area contributed by atoms with Crippen LogP contribution in [-0.2, 0) is 6.54 Å². The van der Waals surface area contributed by atoms with Crippen molar-refractivity contribution >= 4 is 23.4 Å². The fourth-order valence-electron chi connectivity index (χ4n) is 1.49. The van der Waals surface area contributed by atoms with Crippen LogP contribution in [0.15, 0.2) is 23.1 Å². The largest absolute Gasteiger partial charge is 0.396 e. The van der Waals surface area contributed by atoms with E-state index in [2.05, 4.69) is 32.2 Å². The maximum atomic E-state index is 9.10. The van der Waals surface area contributed by atoms with Crippen LogP contribution in [0.1, 0.15) is 33.3 Å². The van der Waals surface area contributed by atoms with Crippen LogP contribution >= 0.6 is 23.4 Å². The van der Waals surface area contributed by atoms with Gasteiger partial charge in [-0.05, 0) is 38.3 Å². The first-order chi connectivity index (χ1) is 8.83. The number of halogens is 1. The molecule has 19 heavy (non-hydrogen) atoms. The van der Waals surface area contributed by atoms with E-state index in [0.717, 1.165) is 22.2 Å². The molecule has 0 spiro atoms. The van der Waals surface area contributed by atoms with Gasteiger partial charge in [-0.3, -0.25) is 0 Å². The predicted octanol–water partition coefficient (Wildman–Crippen LogP) is 3.95. The number of aliphatic hydroxyl groups excluding tert-OH is 1. The molecule has 0 heterocycles. The van der Waals surface area contributed by atoms with E-state index in [-0.39, 0.29) is 18.1 Å². The Labute approximate surface area is 125 Å². The minimum absolute atomic E-state index is 0.0860. The molecule has 0 aromatic heterocycles. The SMILES string of the molecule is CC(CO)CSc1c(Cl)cccc1CNC(C)(C)C. The summed E-state index contributed by atoms with van der Waals surface area (Å²) in [6.07, 6.45) is 0. The van der Waals surface area contributed by atoms with Gasteiger partial charge in [0.1, 0.15) is 0 Å². The van der Waals surface area contributed by atoms with E-state index < -0.39 is 0 Å². The van der Waals surface area contributed by atoms with Crippen LogP contribution in [0, 0.1) is 5.92 Å². The lowest BCUT2D eigenvalue weighted by Crippen LogP contribution is -2.35. The minimum Gasteiger partial charge on any atom is -0.396 e. The number of thioether (sulfide) groups is 1. The molecular weight excluding hydrogens is 278 g/mol. The highest BCUT2D eigenvalue weighted by atomic mass is 35.5. The van der Waals surface area contributed by atoms with Crippen LogP contribution in [0.5, 0.6) is 0 Å². The Morgan fingerprint density at radius 3 is 2.63 bits per heavy atom. The van der Waals surface area contributed by atoms with Gasteiger partial charge in [0.05, 0.1) is 5.02 Å². The van der Waals surface area contributed by atoms with E-state index in [1.165, 1.54) is 5.56 Å². The number of aliphatic hydroxyl groups is 1. The number of hydrogen-bond donors (Lipinski definition) is 2. The van der Waals surface area contributed by atoms with Gasteiger partial charge in [0.15, 0.2) is 0 Å². The van der Waals surface area contributed by atoms with E-state index in [9.17, 15) is 0 Å². The lowest BCUT2D eigenvalue weighted by molar-refractivity contribution is 0.250. The van der Waals surface area contributed by atoms with Crippen molar-refractivity contribution < 1.29 is 5.11 Å². The molecule has 0 saturated carbocycles. The van der Waals surface area contributed by atoms with Gasteiger partial charge in [-0.25, -0.2) is 0 Å². The fourth-order valence-corrected chi connectivity index (χ4v) is 2.94. The molecule has 108 valence electrons. The number of hydrogen-bond acceptors (Lipinski definition) is 3. The molecule has 2 N–H and O–H groups in total. The third-order valence-corrected chi connectivity index (χ3v) is 4.62. The summed E-state index contributed by atoms with van der Waals surface area (Å²) in [5.41, 5.74) is 1.31. The standard InChI is InChI=1S/C15H24ClNOS/c1-11(9-18)10-19-14-12(6-5-7-13(14)16)8-17-15(2,3)4/h5-7,11,17-18H,8-10H2,1-4H3. The van der Waals surface area contributed by atoms with Gasteiger partial charge in [-0.1, -0.05) is 30.7 Å². The molecule has 1 aromatic rings. The Balaban J connectivity index is 2.77. The van der Waals surface area contributed by atoms with Crippen molar-refractivity contribution in [2.75, 3.05) is 12.4 Å². The molecule has 0 aliphatic carbocycles. The van der Waals surface area contributed by atoms with E-state index >= 15 is 0 Å². The summed E-state index contributed by atoms with van der Waals surface area (Å²) in [6, 6.07) is 6.02. The second-order valence-corrected chi connectivity index (χ2v) is 7.37. The molecule has 1 atom stereocenters. The quantitative estimate of drug-likeness (QED) is 0.780. The van der Waals surface area contributed by atoms with Gasteiger partial charge in [0.2, 0.25) is 0 Å². The molecule has 0 fully saturated rings. The average Bonchev–Trinajstić information content (AvgIpc) is 2.33. The van der Waals surface area contributed by atoms with Crippen LogP contribution in [0.4, 0.5) is 0 Å². The summed E-state index contributed by atoms with van der Waals surface area (Å²) < 4.78 is 0. The number of benzene rings is 1. The Hall–Kier alpha value is -0.220. The van der Waals surface area contributed by atoms with Crippen molar-refractivity contribution in [2.24, 2.45) is 5.92 Å². The van der Waals surface area contributed by atoms with Crippen molar-refractivity contribution in [3.63, 3.8) is 0 Å². The molecule has 0 amide bonds. The van der Waals surface area contributed by atoms with Crippen LogP contribution < -0.4 is 5.32 Å². The monoisotopic (exact) mass is 301 g/mol. The zero-order valence-corrected chi connectivity index (χ0v) is 13.7. The molecule has 4 heteroatoms. The third kappa shape index (κ3) is 6.17. The second-order valence-electron chi connectivity index (χ2n) is 5.93. The molecule has 0 aliphatic heterocycles. The van der Waals surface area contributed by atoms with Gasteiger partial charge < -0.3 is 10.4 Å². The lowest BCUT2D eigenvalue weighted by atomic mass is 10.1. The molecule has 0 aliphatic rings. The summed E-state index contributed by atoms with van der Waals surface area (Å²) in [7, 11) is 0. The maximum absolute atomic E-state index is 9.10. The first-order valence-electron chi connectivity index (χ1n) is 6.59. The highest BCUT2D eigenvalue weighted by molar-refractivity contribution is 7.99. The summed E-state index contributed by atoms with van der Waals surface area (Å²) in [4.78, 5) is 1.13. The topological polar surface area (TPSA) is 32.3 Å². The van der Waals surface area contributed by atoms with E-state index in [0.29, 0.717) is 0 Å². The number of rotatable bonds is 6. The van der Waals surface area contributed by atoms with E-state index in [4.69, 9.17) is 16.7 Å². The molecule has 1 unspecified atom stereocenters. The smallest absolute Gasteiger partial charge is 0.0545 e. The highest BCUT2D eigenvalue weighted by Gasteiger charge is 2.13. The summed E-state index contributed by atoms with van der Waals surface area (Å²) in [5, 5.41) is 13.4. The van der Waals surface area contributed by atoms with Crippen molar-refractivity contribution in [3.8, 4) is 0 Å². The Bertz CT molecular complexity index is 404. The molecule has 0 bridgehead atoms. The Kier molecular flexibility index (Phi) is 6.67. The van der Waals surface area contributed by atoms with Gasteiger partial charge >= 0.3 is 0 Å². The fraction of sp³-hybridized carbons (Fsp3) is 0.600. The van der Waals surface area contributed by atoms with Crippen molar-refractivity contribution in [3.05, 3.63) is 28.8 Å². The third-order valence-electron chi connectivity index (χ3n) is 2.68. The average molecular weight is 302 g/mol. The summed E-state index contributed by atoms with van der Waals surface area (Å²) in [5.74, 6) is 1.16. The van der Waals surface area contributed by atoms with Crippen LogP contribution in [-0.4, -0.2) is 23.0 Å². The first-order valence-corrected chi connectivity index (χ1v) is 7.96. The van der Waals surface area contributed by atoms with Crippen molar-refractivity contribution in [1.29, 1.82) is 0 Å². The predicted molar refractivity (Wildman–Crippen MR) is 85.0 cm³/mol. The summed E-state index contributed by atoms with van der Waals surface area (Å²) in [6.45, 7) is 9.51. The van der Waals surface area contributed by atoms with Crippen LogP contribution in [0.3, 0.4) is 0 Å². The van der Waals surface area contributed by atoms with E-state index in [1.807, 2.05) is 19.1 Å². The minimum atomic E-state index is 0.0860. The molecular formula is C15H24ClNOS. The molecule has 1 rings (SSSR count). The molecule has 0 saturated heterocycles. The van der Waals surface area contributed by atoms with Crippen LogP contribution in [0.2, 0.25) is 5.02 Å². The van der Waals surface area contributed by atoms with Gasteiger partial charge in [-0.2, -0.15) is 0 Å². The summed E-state index contributed by atoms with van der Waals surface area (Å²) >= 11 is 8.02. The lowest BCUT2D eigenvalue weighted by Gasteiger charge is -2.22. The Morgan fingerprint density at radius 2 is 2.05 bits per heavy atom. The Morgan fingerprint density at radius 1 is 1.37 bits per heavy atom. The number of nitrogens with one attached hydrogen (secondary N) is 1. The zero-order valence-electron chi connectivity index (χ0n) is 12.2. The van der Waals surface area contributed by atoms with E-state index in [1.54, 1.807) is 11.8 Å².